The molecular weight excluding hydrogens is 238 g/mol. The Morgan fingerprint density at radius 2 is 2.11 bits per heavy atom. The molecular formula is C15H25N3O. The summed E-state index contributed by atoms with van der Waals surface area (Å²) in [5, 5.41) is 0. The molecule has 1 aliphatic heterocycles. The minimum absolute atomic E-state index is 0.144. The lowest BCUT2D eigenvalue weighted by molar-refractivity contribution is 0.244. The Bertz CT molecular complexity index is 431. The van der Waals surface area contributed by atoms with Gasteiger partial charge in [0.2, 0.25) is 0 Å². The van der Waals surface area contributed by atoms with Gasteiger partial charge in [0.25, 0.3) is 0 Å². The Hall–Kier alpha value is -1.42. The van der Waals surface area contributed by atoms with Gasteiger partial charge in [-0.3, -0.25) is 0 Å². The topological polar surface area (TPSA) is 41.7 Å². The van der Waals surface area contributed by atoms with Gasteiger partial charge in [-0.1, -0.05) is 0 Å². The predicted octanol–water partition coefficient (Wildman–Crippen LogP) is 2.20. The maximum atomic E-state index is 5.96. The van der Waals surface area contributed by atoms with Crippen molar-refractivity contribution in [1.82, 2.24) is 4.90 Å². The number of nitrogens with zero attached hydrogens (tertiary/aromatic N) is 2. The fourth-order valence-electron chi connectivity index (χ4n) is 2.47. The number of nitrogen functional groups attached to an aromatic ring is 1. The van der Waals surface area contributed by atoms with Crippen molar-refractivity contribution in [3.8, 4) is 5.75 Å². The molecule has 0 aliphatic carbocycles. The van der Waals surface area contributed by atoms with Gasteiger partial charge in [0.15, 0.2) is 0 Å². The first-order valence-corrected chi connectivity index (χ1v) is 6.95. The zero-order valence-electron chi connectivity index (χ0n) is 12.4. The molecule has 1 aromatic carbocycles. The summed E-state index contributed by atoms with van der Waals surface area (Å²) in [6, 6.07) is 6.72. The molecule has 0 saturated carbocycles. The summed E-state index contributed by atoms with van der Waals surface area (Å²) in [6.45, 7) is 6.19. The van der Waals surface area contributed by atoms with Gasteiger partial charge >= 0.3 is 0 Å². The molecule has 0 radical (unpaired) electrons. The van der Waals surface area contributed by atoms with Crippen LogP contribution in [0.4, 0.5) is 11.4 Å². The number of hydrogen-bond acceptors (Lipinski definition) is 4. The normalized spacial score (nSPS) is 19.5. The third-order valence-electron chi connectivity index (χ3n) is 3.62. The number of anilines is 2. The van der Waals surface area contributed by atoms with Crippen molar-refractivity contribution in [2.24, 2.45) is 0 Å². The highest BCUT2D eigenvalue weighted by atomic mass is 16.5. The molecule has 4 heteroatoms. The van der Waals surface area contributed by atoms with E-state index < -0.39 is 0 Å². The van der Waals surface area contributed by atoms with Crippen molar-refractivity contribution >= 4 is 11.4 Å². The maximum absolute atomic E-state index is 5.96. The van der Waals surface area contributed by atoms with Gasteiger partial charge in [0, 0.05) is 30.9 Å². The molecule has 0 amide bonds. The zero-order chi connectivity index (χ0) is 14.0. The molecule has 0 bridgehead atoms. The summed E-state index contributed by atoms with van der Waals surface area (Å²) in [5.41, 5.74) is 7.87. The van der Waals surface area contributed by atoms with Crippen molar-refractivity contribution in [1.29, 1.82) is 0 Å². The number of hydrogen-bond donors (Lipinski definition) is 1. The minimum Gasteiger partial charge on any atom is -0.489 e. The molecule has 1 aliphatic rings. The first-order valence-electron chi connectivity index (χ1n) is 6.95. The Kier molecular flexibility index (Phi) is 4.20. The molecule has 0 spiro atoms. The molecule has 2 N–H and O–H groups in total. The summed E-state index contributed by atoms with van der Waals surface area (Å²) in [5.74, 6) is 0.792. The average molecular weight is 263 g/mol. The molecule has 1 heterocycles. The average Bonchev–Trinajstić information content (AvgIpc) is 2.81. The standard InChI is InChI=1S/C15H25N3O/c1-11(2)19-15-9-12(5-6-14(15)16)18-8-7-13(10-18)17(3)4/h5-6,9,11,13H,7-8,10,16H2,1-4H3/t13-/m1/s1. The van der Waals surface area contributed by atoms with Crippen LogP contribution in [0.3, 0.4) is 0 Å². The largest absolute Gasteiger partial charge is 0.489 e. The van der Waals surface area contributed by atoms with Gasteiger partial charge in [-0.25, -0.2) is 0 Å². The molecule has 2 rings (SSSR count). The number of rotatable bonds is 4. The molecule has 106 valence electrons. The first kappa shape index (κ1) is 14.0. The van der Waals surface area contributed by atoms with E-state index in [2.05, 4.69) is 36.0 Å². The van der Waals surface area contributed by atoms with Crippen molar-refractivity contribution in [3.63, 3.8) is 0 Å². The number of ether oxygens (including phenoxy) is 1. The van der Waals surface area contributed by atoms with Crippen LogP contribution < -0.4 is 15.4 Å². The summed E-state index contributed by atoms with van der Waals surface area (Å²) < 4.78 is 5.76. The molecule has 19 heavy (non-hydrogen) atoms. The van der Waals surface area contributed by atoms with Crippen LogP contribution in [0.5, 0.6) is 5.75 Å². The fraction of sp³-hybridized carbons (Fsp3) is 0.600. The smallest absolute Gasteiger partial charge is 0.144 e. The van der Waals surface area contributed by atoms with Crippen LogP contribution in [0.2, 0.25) is 0 Å². The summed E-state index contributed by atoms with van der Waals surface area (Å²) in [7, 11) is 4.29. The Labute approximate surface area is 116 Å². The van der Waals surface area contributed by atoms with Gasteiger partial charge in [0.05, 0.1) is 11.8 Å². The van der Waals surface area contributed by atoms with E-state index in [0.29, 0.717) is 11.7 Å². The highest BCUT2D eigenvalue weighted by molar-refractivity contribution is 5.62. The summed E-state index contributed by atoms with van der Waals surface area (Å²) in [4.78, 5) is 4.69. The van der Waals surface area contributed by atoms with Crippen LogP contribution in [0.1, 0.15) is 20.3 Å². The van der Waals surface area contributed by atoms with E-state index in [9.17, 15) is 0 Å². The Morgan fingerprint density at radius 1 is 1.37 bits per heavy atom. The predicted molar refractivity (Wildman–Crippen MR) is 80.9 cm³/mol. The summed E-state index contributed by atoms with van der Waals surface area (Å²) in [6.07, 6.45) is 1.35. The van der Waals surface area contributed by atoms with Crippen LogP contribution in [-0.2, 0) is 0 Å². The maximum Gasteiger partial charge on any atom is 0.144 e. The number of nitrogens with two attached hydrogens (primary N) is 1. The molecule has 1 atom stereocenters. The van der Waals surface area contributed by atoms with Gasteiger partial charge in [-0.05, 0) is 46.5 Å². The number of benzene rings is 1. The fourth-order valence-corrected chi connectivity index (χ4v) is 2.47. The van der Waals surface area contributed by atoms with Gasteiger partial charge in [-0.15, -0.1) is 0 Å². The molecule has 0 unspecified atom stereocenters. The lowest BCUT2D eigenvalue weighted by Crippen LogP contribution is -2.31. The lowest BCUT2D eigenvalue weighted by atomic mass is 10.2. The lowest BCUT2D eigenvalue weighted by Gasteiger charge is -2.23. The van der Waals surface area contributed by atoms with Gasteiger partial charge in [-0.2, -0.15) is 0 Å². The van der Waals surface area contributed by atoms with Crippen LogP contribution >= 0.6 is 0 Å². The molecule has 1 saturated heterocycles. The highest BCUT2D eigenvalue weighted by Crippen LogP contribution is 2.30. The second-order valence-corrected chi connectivity index (χ2v) is 5.74. The van der Waals surface area contributed by atoms with Crippen LogP contribution in [0, 0.1) is 0 Å². The van der Waals surface area contributed by atoms with E-state index in [1.54, 1.807) is 0 Å². The van der Waals surface area contributed by atoms with Crippen LogP contribution in [0.25, 0.3) is 0 Å². The molecule has 0 aromatic heterocycles. The van der Waals surface area contributed by atoms with Crippen molar-refractivity contribution in [3.05, 3.63) is 18.2 Å². The second kappa shape index (κ2) is 5.70. The van der Waals surface area contributed by atoms with E-state index in [-0.39, 0.29) is 6.10 Å². The minimum atomic E-state index is 0.144. The van der Waals surface area contributed by atoms with Crippen molar-refractivity contribution in [2.75, 3.05) is 37.8 Å². The zero-order valence-corrected chi connectivity index (χ0v) is 12.4. The molecule has 4 nitrogen and oxygen atoms in total. The quantitative estimate of drug-likeness (QED) is 0.846. The third-order valence-corrected chi connectivity index (χ3v) is 3.62. The third kappa shape index (κ3) is 3.32. The van der Waals surface area contributed by atoms with Crippen molar-refractivity contribution < 1.29 is 4.74 Å². The second-order valence-electron chi connectivity index (χ2n) is 5.74. The Morgan fingerprint density at radius 3 is 2.68 bits per heavy atom. The number of likely N-dealkylation sites (N-methyl/N-ethyl adjacent to an activating group) is 1. The van der Waals surface area contributed by atoms with E-state index in [1.807, 2.05) is 19.9 Å². The summed E-state index contributed by atoms with van der Waals surface area (Å²) >= 11 is 0. The SMILES string of the molecule is CC(C)Oc1cc(N2CC[C@@H](N(C)C)C2)ccc1N. The first-order chi connectivity index (χ1) is 8.97. The Balaban J connectivity index is 2.13. The van der Waals surface area contributed by atoms with E-state index in [1.165, 1.54) is 12.1 Å². The molecule has 1 fully saturated rings. The van der Waals surface area contributed by atoms with E-state index in [0.717, 1.165) is 18.8 Å². The van der Waals surface area contributed by atoms with Crippen LogP contribution in [0.15, 0.2) is 18.2 Å². The van der Waals surface area contributed by atoms with Gasteiger partial charge in [0.1, 0.15) is 5.75 Å². The van der Waals surface area contributed by atoms with E-state index in [4.69, 9.17) is 10.5 Å². The van der Waals surface area contributed by atoms with Crippen LogP contribution in [-0.4, -0.2) is 44.2 Å². The van der Waals surface area contributed by atoms with Crippen molar-refractivity contribution in [2.45, 2.75) is 32.4 Å². The molecule has 1 aromatic rings. The van der Waals surface area contributed by atoms with E-state index >= 15 is 0 Å². The monoisotopic (exact) mass is 263 g/mol. The highest BCUT2D eigenvalue weighted by Gasteiger charge is 2.24. The van der Waals surface area contributed by atoms with Gasteiger partial charge < -0.3 is 20.3 Å².